The molecule has 1 heterocycles. The first-order valence-electron chi connectivity index (χ1n) is 6.75. The number of para-hydroxylation sites is 1. The molecule has 0 amide bonds. The molecule has 1 aromatic heterocycles. The smallest absolute Gasteiger partial charge is 0.337 e. The number of sulfonamides is 1. The minimum atomic E-state index is -4.02. The number of rotatable bonds is 4. The van der Waals surface area contributed by atoms with Crippen LogP contribution in [-0.2, 0) is 14.8 Å². The Bertz CT molecular complexity index is 1030. The number of hydrogen-bond donors (Lipinski definition) is 2. The number of benzene rings is 2. The second-order valence-electron chi connectivity index (χ2n) is 4.88. The molecule has 0 unspecified atom stereocenters. The van der Waals surface area contributed by atoms with Gasteiger partial charge in [-0.2, -0.15) is 5.10 Å². The summed E-state index contributed by atoms with van der Waals surface area (Å²) >= 11 is 6.00. The number of halogens is 1. The number of aromatic nitrogens is 2. The number of aromatic amines is 1. The quantitative estimate of drug-likeness (QED) is 0.692. The predicted octanol–water partition coefficient (Wildman–Crippen LogP) is 2.80. The molecule has 0 spiro atoms. The van der Waals surface area contributed by atoms with Crippen molar-refractivity contribution in [3.63, 3.8) is 0 Å². The second kappa shape index (κ2) is 6.14. The van der Waals surface area contributed by atoms with Gasteiger partial charge < -0.3 is 4.74 Å². The van der Waals surface area contributed by atoms with E-state index in [0.29, 0.717) is 11.2 Å². The SMILES string of the molecule is COC(=O)c1ccc(Cl)c(S(=O)(=O)Nc2cccc3cn[nH]c23)c1. The van der Waals surface area contributed by atoms with Crippen LogP contribution in [0.25, 0.3) is 10.9 Å². The standard InChI is InChI=1S/C15H12ClN3O4S/c1-23-15(20)9-5-6-11(16)13(7-9)24(21,22)19-12-4-2-3-10-8-17-18-14(10)12/h2-8,19H,1H3,(H,17,18). The molecule has 0 aliphatic rings. The average molecular weight is 366 g/mol. The van der Waals surface area contributed by atoms with E-state index in [4.69, 9.17) is 11.6 Å². The summed E-state index contributed by atoms with van der Waals surface area (Å²) in [6.07, 6.45) is 1.58. The summed E-state index contributed by atoms with van der Waals surface area (Å²) < 4.78 is 32.4. The largest absolute Gasteiger partial charge is 0.465 e. The molecule has 0 radical (unpaired) electrons. The highest BCUT2D eigenvalue weighted by molar-refractivity contribution is 7.92. The van der Waals surface area contributed by atoms with Gasteiger partial charge in [-0.05, 0) is 24.3 Å². The van der Waals surface area contributed by atoms with E-state index in [1.165, 1.54) is 25.3 Å². The van der Waals surface area contributed by atoms with Crippen LogP contribution in [0.3, 0.4) is 0 Å². The Labute approximate surface area is 142 Å². The van der Waals surface area contributed by atoms with Crippen molar-refractivity contribution in [1.82, 2.24) is 10.2 Å². The zero-order valence-corrected chi connectivity index (χ0v) is 14.0. The molecule has 0 atom stereocenters. The lowest BCUT2D eigenvalue weighted by molar-refractivity contribution is 0.0600. The van der Waals surface area contributed by atoms with E-state index in [2.05, 4.69) is 19.7 Å². The van der Waals surface area contributed by atoms with E-state index >= 15 is 0 Å². The molecule has 124 valence electrons. The summed E-state index contributed by atoms with van der Waals surface area (Å²) in [4.78, 5) is 11.4. The summed E-state index contributed by atoms with van der Waals surface area (Å²) in [7, 11) is -2.80. The molecule has 0 aliphatic carbocycles. The Morgan fingerprint density at radius 2 is 2.08 bits per heavy atom. The van der Waals surface area contributed by atoms with Crippen molar-refractivity contribution < 1.29 is 17.9 Å². The van der Waals surface area contributed by atoms with E-state index in [1.807, 2.05) is 0 Å². The number of methoxy groups -OCH3 is 1. The average Bonchev–Trinajstić information content (AvgIpc) is 3.04. The molecule has 2 aromatic carbocycles. The third-order valence-corrected chi connectivity index (χ3v) is 5.21. The van der Waals surface area contributed by atoms with Crippen molar-refractivity contribution in [3.8, 4) is 0 Å². The molecule has 2 N–H and O–H groups in total. The lowest BCUT2D eigenvalue weighted by Crippen LogP contribution is -2.15. The maximum atomic E-state index is 12.7. The van der Waals surface area contributed by atoms with Crippen molar-refractivity contribution in [2.24, 2.45) is 0 Å². The maximum absolute atomic E-state index is 12.7. The maximum Gasteiger partial charge on any atom is 0.337 e. The number of carbonyl (C=O) groups is 1. The van der Waals surface area contributed by atoms with Crippen molar-refractivity contribution in [2.45, 2.75) is 4.90 Å². The predicted molar refractivity (Wildman–Crippen MR) is 89.7 cm³/mol. The Kier molecular flexibility index (Phi) is 4.16. The zero-order chi connectivity index (χ0) is 17.3. The zero-order valence-electron chi connectivity index (χ0n) is 12.4. The monoisotopic (exact) mass is 365 g/mol. The van der Waals surface area contributed by atoms with Crippen LogP contribution in [0.5, 0.6) is 0 Å². The van der Waals surface area contributed by atoms with Gasteiger partial charge >= 0.3 is 5.97 Å². The van der Waals surface area contributed by atoms with E-state index in [0.717, 1.165) is 5.39 Å². The number of carbonyl (C=O) groups excluding carboxylic acids is 1. The van der Waals surface area contributed by atoms with E-state index in [-0.39, 0.29) is 15.5 Å². The molecule has 24 heavy (non-hydrogen) atoms. The fourth-order valence-corrected chi connectivity index (χ4v) is 3.81. The van der Waals surface area contributed by atoms with Crippen LogP contribution in [0.15, 0.2) is 47.5 Å². The second-order valence-corrected chi connectivity index (χ2v) is 6.94. The number of H-pyrrole nitrogens is 1. The van der Waals surface area contributed by atoms with Gasteiger partial charge in [0.1, 0.15) is 4.90 Å². The third kappa shape index (κ3) is 2.93. The number of ether oxygens (including phenoxy) is 1. The van der Waals surface area contributed by atoms with Crippen molar-refractivity contribution in [1.29, 1.82) is 0 Å². The number of anilines is 1. The van der Waals surface area contributed by atoms with E-state index in [1.54, 1.807) is 24.4 Å². The van der Waals surface area contributed by atoms with Gasteiger partial charge in [-0.1, -0.05) is 23.7 Å². The Hall–Kier alpha value is -2.58. The number of nitrogens with one attached hydrogen (secondary N) is 2. The summed E-state index contributed by atoms with van der Waals surface area (Å²) in [5.41, 5.74) is 0.952. The van der Waals surface area contributed by atoms with Gasteiger partial charge in [0.25, 0.3) is 10.0 Å². The topological polar surface area (TPSA) is 101 Å². The van der Waals surface area contributed by atoms with Gasteiger partial charge in [-0.25, -0.2) is 13.2 Å². The van der Waals surface area contributed by atoms with E-state index in [9.17, 15) is 13.2 Å². The minimum Gasteiger partial charge on any atom is -0.465 e. The number of fused-ring (bicyclic) bond motifs is 1. The van der Waals surface area contributed by atoms with Crippen molar-refractivity contribution >= 4 is 44.2 Å². The van der Waals surface area contributed by atoms with Crippen LogP contribution in [0.1, 0.15) is 10.4 Å². The molecule has 3 aromatic rings. The van der Waals surface area contributed by atoms with Gasteiger partial charge in [0, 0.05) is 5.39 Å². The molecule has 0 saturated heterocycles. The lowest BCUT2D eigenvalue weighted by atomic mass is 10.2. The number of esters is 1. The highest BCUT2D eigenvalue weighted by atomic mass is 35.5. The fraction of sp³-hybridized carbons (Fsp3) is 0.0667. The van der Waals surface area contributed by atoms with Crippen molar-refractivity contribution in [3.05, 3.63) is 53.2 Å². The van der Waals surface area contributed by atoms with Crippen LogP contribution in [0.2, 0.25) is 5.02 Å². The van der Waals surface area contributed by atoms with Crippen molar-refractivity contribution in [2.75, 3.05) is 11.8 Å². The molecular formula is C15H12ClN3O4S. The minimum absolute atomic E-state index is 0.00746. The lowest BCUT2D eigenvalue weighted by Gasteiger charge is -2.11. The van der Waals surface area contributed by atoms with Gasteiger partial charge in [0.15, 0.2) is 0 Å². The Balaban J connectivity index is 2.05. The molecule has 0 aliphatic heterocycles. The van der Waals surface area contributed by atoms with E-state index < -0.39 is 16.0 Å². The van der Waals surface area contributed by atoms with Crippen LogP contribution in [-0.4, -0.2) is 31.7 Å². The van der Waals surface area contributed by atoms with Gasteiger partial charge in [-0.15, -0.1) is 0 Å². The normalized spacial score (nSPS) is 11.4. The first-order valence-corrected chi connectivity index (χ1v) is 8.61. The molecule has 7 nitrogen and oxygen atoms in total. The summed E-state index contributed by atoms with van der Waals surface area (Å²) in [5.74, 6) is -0.654. The van der Waals surface area contributed by atoms with Gasteiger partial charge in [0.2, 0.25) is 0 Å². The third-order valence-electron chi connectivity index (χ3n) is 3.36. The molecule has 0 bridgehead atoms. The molecule has 9 heteroatoms. The van der Waals surface area contributed by atoms with Gasteiger partial charge in [0.05, 0.1) is 35.1 Å². The Morgan fingerprint density at radius 3 is 2.83 bits per heavy atom. The highest BCUT2D eigenvalue weighted by Crippen LogP contribution is 2.28. The van der Waals surface area contributed by atoms with Crippen LogP contribution >= 0.6 is 11.6 Å². The number of nitrogens with zero attached hydrogens (tertiary/aromatic N) is 1. The molecule has 3 rings (SSSR count). The molecular weight excluding hydrogens is 354 g/mol. The van der Waals surface area contributed by atoms with Crippen LogP contribution < -0.4 is 4.72 Å². The first-order chi connectivity index (χ1) is 11.4. The summed E-state index contributed by atoms with van der Waals surface area (Å²) in [6, 6.07) is 8.98. The molecule has 0 fully saturated rings. The Morgan fingerprint density at radius 1 is 1.29 bits per heavy atom. The number of hydrogen-bond acceptors (Lipinski definition) is 5. The van der Waals surface area contributed by atoms with Gasteiger partial charge in [-0.3, -0.25) is 9.82 Å². The van der Waals surface area contributed by atoms with Crippen LogP contribution in [0, 0.1) is 0 Å². The first kappa shape index (κ1) is 16.3. The molecule has 0 saturated carbocycles. The fourth-order valence-electron chi connectivity index (χ4n) is 2.21. The summed E-state index contributed by atoms with van der Waals surface area (Å²) in [6.45, 7) is 0. The van der Waals surface area contributed by atoms with Crippen LogP contribution in [0.4, 0.5) is 5.69 Å². The summed E-state index contributed by atoms with van der Waals surface area (Å²) in [5, 5.41) is 7.36. The highest BCUT2D eigenvalue weighted by Gasteiger charge is 2.21.